The predicted octanol–water partition coefficient (Wildman–Crippen LogP) is -0.914. The summed E-state index contributed by atoms with van der Waals surface area (Å²) < 4.78 is 0. The summed E-state index contributed by atoms with van der Waals surface area (Å²) >= 11 is 0. The molecule has 0 radical (unpaired) electrons. The summed E-state index contributed by atoms with van der Waals surface area (Å²) in [6.07, 6.45) is 0.624. The van der Waals surface area contributed by atoms with Gasteiger partial charge in [0.05, 0.1) is 0 Å². The van der Waals surface area contributed by atoms with Gasteiger partial charge in [-0.1, -0.05) is 0 Å². The smallest absolute Gasteiger partial charge is 0.326 e. The van der Waals surface area contributed by atoms with Crippen LogP contribution in [0.3, 0.4) is 0 Å². The fourth-order valence-electron chi connectivity index (χ4n) is 2.06. The standard InChI is InChI=1S/C12H21N3O5/c1-9(17)14-4-2-5-15(7-6-14)12(20)13-10(3-8-16)11(18)19/h10,16H,2-8H2,1H3,(H,13,20)(H,18,19). The summed E-state index contributed by atoms with van der Waals surface area (Å²) in [7, 11) is 0. The minimum absolute atomic E-state index is 0.0315. The average molecular weight is 287 g/mol. The van der Waals surface area contributed by atoms with Crippen LogP contribution in [-0.4, -0.2) is 76.7 Å². The molecule has 0 aromatic heterocycles. The summed E-state index contributed by atoms with van der Waals surface area (Å²) in [6, 6.07) is -1.57. The molecule has 1 rings (SSSR count). The summed E-state index contributed by atoms with van der Waals surface area (Å²) in [4.78, 5) is 37.3. The van der Waals surface area contributed by atoms with Gasteiger partial charge >= 0.3 is 12.0 Å². The number of carboxylic acids is 1. The van der Waals surface area contributed by atoms with Gasteiger partial charge in [-0.05, 0) is 6.42 Å². The molecule has 0 aromatic rings. The van der Waals surface area contributed by atoms with Crippen molar-refractivity contribution >= 4 is 17.9 Å². The fourth-order valence-corrected chi connectivity index (χ4v) is 2.06. The summed E-state index contributed by atoms with van der Waals surface area (Å²) in [5.74, 6) is -1.21. The zero-order valence-corrected chi connectivity index (χ0v) is 11.5. The van der Waals surface area contributed by atoms with E-state index in [2.05, 4.69) is 5.32 Å². The van der Waals surface area contributed by atoms with E-state index in [1.165, 1.54) is 11.8 Å². The Morgan fingerprint density at radius 1 is 1.15 bits per heavy atom. The second-order valence-corrected chi connectivity index (χ2v) is 4.70. The number of carbonyl (C=O) groups is 3. The number of amides is 3. The Morgan fingerprint density at radius 3 is 2.30 bits per heavy atom. The molecule has 1 saturated heterocycles. The van der Waals surface area contributed by atoms with Crippen LogP contribution in [0.5, 0.6) is 0 Å². The third-order valence-electron chi connectivity index (χ3n) is 3.24. The Bertz CT molecular complexity index is 374. The maximum atomic E-state index is 12.0. The Balaban J connectivity index is 2.54. The lowest BCUT2D eigenvalue weighted by molar-refractivity contribution is -0.139. The third-order valence-corrected chi connectivity index (χ3v) is 3.24. The highest BCUT2D eigenvalue weighted by Gasteiger charge is 2.24. The van der Waals surface area contributed by atoms with Crippen LogP contribution >= 0.6 is 0 Å². The molecule has 114 valence electrons. The third kappa shape index (κ3) is 4.69. The fraction of sp³-hybridized carbons (Fsp3) is 0.750. The maximum absolute atomic E-state index is 12.0. The normalized spacial score (nSPS) is 17.3. The van der Waals surface area contributed by atoms with Crippen molar-refractivity contribution in [1.29, 1.82) is 0 Å². The van der Waals surface area contributed by atoms with Crippen molar-refractivity contribution < 1.29 is 24.6 Å². The number of nitrogens with zero attached hydrogens (tertiary/aromatic N) is 2. The minimum atomic E-state index is -1.17. The van der Waals surface area contributed by atoms with Crippen LogP contribution in [0.25, 0.3) is 0 Å². The molecule has 3 amide bonds. The Labute approximate surface area is 117 Å². The lowest BCUT2D eigenvalue weighted by atomic mass is 10.2. The van der Waals surface area contributed by atoms with Crippen LogP contribution in [0.15, 0.2) is 0 Å². The van der Waals surface area contributed by atoms with E-state index in [0.29, 0.717) is 32.6 Å². The molecule has 1 heterocycles. The molecule has 1 aliphatic rings. The van der Waals surface area contributed by atoms with Gasteiger partial charge in [0, 0.05) is 46.1 Å². The molecule has 8 heteroatoms. The van der Waals surface area contributed by atoms with Crippen LogP contribution < -0.4 is 5.32 Å². The van der Waals surface area contributed by atoms with Gasteiger partial charge in [-0.15, -0.1) is 0 Å². The van der Waals surface area contributed by atoms with Crippen molar-refractivity contribution in [2.45, 2.75) is 25.8 Å². The van der Waals surface area contributed by atoms with Crippen LogP contribution in [0.4, 0.5) is 4.79 Å². The van der Waals surface area contributed by atoms with E-state index in [-0.39, 0.29) is 18.9 Å². The SMILES string of the molecule is CC(=O)N1CCCN(C(=O)NC(CCO)C(=O)O)CC1. The van der Waals surface area contributed by atoms with E-state index in [9.17, 15) is 14.4 Å². The largest absolute Gasteiger partial charge is 0.480 e. The first-order valence-electron chi connectivity index (χ1n) is 6.60. The van der Waals surface area contributed by atoms with Gasteiger partial charge < -0.3 is 25.3 Å². The van der Waals surface area contributed by atoms with Crippen LogP contribution in [0.1, 0.15) is 19.8 Å². The number of carboxylic acid groups (broad SMARTS) is 1. The lowest BCUT2D eigenvalue weighted by Crippen LogP contribution is -2.49. The first-order valence-corrected chi connectivity index (χ1v) is 6.60. The highest BCUT2D eigenvalue weighted by atomic mass is 16.4. The average Bonchev–Trinajstić information content (AvgIpc) is 2.63. The van der Waals surface area contributed by atoms with Gasteiger partial charge in [-0.3, -0.25) is 4.79 Å². The Kier molecular flexibility index (Phi) is 6.23. The van der Waals surface area contributed by atoms with Crippen molar-refractivity contribution in [3.63, 3.8) is 0 Å². The van der Waals surface area contributed by atoms with Crippen molar-refractivity contribution in [1.82, 2.24) is 15.1 Å². The van der Waals surface area contributed by atoms with Gasteiger partial charge in [0.2, 0.25) is 5.91 Å². The molecular formula is C12H21N3O5. The molecule has 0 saturated carbocycles. The first kappa shape index (κ1) is 16.2. The summed E-state index contributed by atoms with van der Waals surface area (Å²) in [6.45, 7) is 3.06. The number of carbonyl (C=O) groups excluding carboxylic acids is 2. The van der Waals surface area contributed by atoms with Crippen molar-refractivity contribution in [2.24, 2.45) is 0 Å². The summed E-state index contributed by atoms with van der Waals surface area (Å²) in [5, 5.41) is 20.1. The zero-order valence-electron chi connectivity index (χ0n) is 11.5. The molecule has 3 N–H and O–H groups in total. The molecular weight excluding hydrogens is 266 g/mol. The molecule has 0 spiro atoms. The van der Waals surface area contributed by atoms with Crippen LogP contribution in [0.2, 0.25) is 0 Å². The molecule has 1 unspecified atom stereocenters. The van der Waals surface area contributed by atoms with Gasteiger partial charge in [-0.2, -0.15) is 0 Å². The second kappa shape index (κ2) is 7.68. The molecule has 0 aliphatic carbocycles. The van der Waals surface area contributed by atoms with Gasteiger partial charge in [0.15, 0.2) is 0 Å². The molecule has 8 nitrogen and oxygen atoms in total. The number of hydrogen-bond acceptors (Lipinski definition) is 4. The predicted molar refractivity (Wildman–Crippen MR) is 70.1 cm³/mol. The topological polar surface area (TPSA) is 110 Å². The number of aliphatic carboxylic acids is 1. The molecule has 0 bridgehead atoms. The van der Waals surface area contributed by atoms with E-state index < -0.39 is 18.0 Å². The highest BCUT2D eigenvalue weighted by Crippen LogP contribution is 2.04. The number of aliphatic hydroxyl groups excluding tert-OH is 1. The monoisotopic (exact) mass is 287 g/mol. The lowest BCUT2D eigenvalue weighted by Gasteiger charge is -2.23. The van der Waals surface area contributed by atoms with Gasteiger partial charge in [0.25, 0.3) is 0 Å². The van der Waals surface area contributed by atoms with E-state index in [1.807, 2.05) is 0 Å². The second-order valence-electron chi connectivity index (χ2n) is 4.70. The quantitative estimate of drug-likeness (QED) is 0.620. The van der Waals surface area contributed by atoms with Crippen molar-refractivity contribution in [2.75, 3.05) is 32.8 Å². The van der Waals surface area contributed by atoms with Crippen LogP contribution in [0, 0.1) is 0 Å². The molecule has 1 aliphatic heterocycles. The molecule has 0 aromatic carbocycles. The number of nitrogens with one attached hydrogen (secondary N) is 1. The van der Waals surface area contributed by atoms with E-state index in [0.717, 1.165) is 0 Å². The number of hydrogen-bond donors (Lipinski definition) is 3. The minimum Gasteiger partial charge on any atom is -0.480 e. The molecule has 1 fully saturated rings. The number of rotatable bonds is 4. The van der Waals surface area contributed by atoms with E-state index in [4.69, 9.17) is 10.2 Å². The first-order chi connectivity index (χ1) is 9.45. The summed E-state index contributed by atoms with van der Waals surface area (Å²) in [5.41, 5.74) is 0. The highest BCUT2D eigenvalue weighted by molar-refractivity contribution is 5.82. The van der Waals surface area contributed by atoms with Crippen LogP contribution in [-0.2, 0) is 9.59 Å². The van der Waals surface area contributed by atoms with Gasteiger partial charge in [0.1, 0.15) is 6.04 Å². The van der Waals surface area contributed by atoms with E-state index >= 15 is 0 Å². The molecule has 20 heavy (non-hydrogen) atoms. The Morgan fingerprint density at radius 2 is 1.75 bits per heavy atom. The van der Waals surface area contributed by atoms with Crippen molar-refractivity contribution in [3.8, 4) is 0 Å². The zero-order chi connectivity index (χ0) is 15.1. The van der Waals surface area contributed by atoms with Crippen molar-refractivity contribution in [3.05, 3.63) is 0 Å². The van der Waals surface area contributed by atoms with E-state index in [1.54, 1.807) is 4.90 Å². The van der Waals surface area contributed by atoms with Gasteiger partial charge in [-0.25, -0.2) is 9.59 Å². The Hall–Kier alpha value is -1.83. The number of aliphatic hydroxyl groups is 1. The number of urea groups is 1. The molecule has 1 atom stereocenters. The maximum Gasteiger partial charge on any atom is 0.326 e.